The second kappa shape index (κ2) is 8.64. The van der Waals surface area contributed by atoms with E-state index in [-0.39, 0.29) is 18.3 Å². The zero-order valence-corrected chi connectivity index (χ0v) is 15.8. The van der Waals surface area contributed by atoms with Gasteiger partial charge in [-0.25, -0.2) is 4.79 Å². The van der Waals surface area contributed by atoms with Crippen LogP contribution in [-0.4, -0.2) is 33.4 Å². The quantitative estimate of drug-likeness (QED) is 0.548. The fourth-order valence-corrected chi connectivity index (χ4v) is 3.14. The molecule has 0 bridgehead atoms. The Morgan fingerprint density at radius 3 is 2.30 bits per heavy atom. The molecule has 3 N–H and O–H groups in total. The van der Waals surface area contributed by atoms with Crippen LogP contribution >= 0.6 is 11.8 Å². The maximum absolute atomic E-state index is 11.9. The van der Waals surface area contributed by atoms with E-state index in [1.165, 1.54) is 10.5 Å². The first-order chi connectivity index (χ1) is 13.1. The van der Waals surface area contributed by atoms with Crippen molar-refractivity contribution in [2.45, 2.75) is 17.9 Å². The van der Waals surface area contributed by atoms with Gasteiger partial charge in [0.2, 0.25) is 11.8 Å². The van der Waals surface area contributed by atoms with Crippen molar-refractivity contribution in [1.29, 1.82) is 0 Å². The van der Waals surface area contributed by atoms with Gasteiger partial charge >= 0.3 is 5.69 Å². The van der Waals surface area contributed by atoms with Crippen LogP contribution in [0.1, 0.15) is 5.56 Å². The molecule has 0 radical (unpaired) electrons. The van der Waals surface area contributed by atoms with Crippen molar-refractivity contribution in [3.8, 4) is 17.0 Å². The Bertz CT molecular complexity index is 959. The topological polar surface area (TPSA) is 87.1 Å². The summed E-state index contributed by atoms with van der Waals surface area (Å²) < 4.78 is 0.979. The number of nitrogens with one attached hydrogen (secondary N) is 2. The first-order valence-electron chi connectivity index (χ1n) is 8.54. The Labute approximate surface area is 161 Å². The van der Waals surface area contributed by atoms with E-state index in [1.54, 1.807) is 11.8 Å². The molecule has 0 unspecified atom stereocenters. The maximum atomic E-state index is 11.9. The number of benzene rings is 2. The van der Waals surface area contributed by atoms with E-state index >= 15 is 0 Å². The number of thioether (sulfide) groups is 1. The lowest BCUT2D eigenvalue weighted by atomic mass is 10.0. The summed E-state index contributed by atoms with van der Waals surface area (Å²) in [4.78, 5) is 26.9. The number of amides is 1. The lowest BCUT2D eigenvalue weighted by molar-refractivity contribution is -0.121. The molecule has 7 heteroatoms. The summed E-state index contributed by atoms with van der Waals surface area (Å²) >= 11 is 1.72. The minimum Gasteiger partial charge on any atom is -0.493 e. The van der Waals surface area contributed by atoms with Crippen LogP contribution in [0.2, 0.25) is 0 Å². The average Bonchev–Trinajstić information content (AvgIpc) is 3.00. The summed E-state index contributed by atoms with van der Waals surface area (Å²) in [5.41, 5.74) is 2.92. The van der Waals surface area contributed by atoms with Gasteiger partial charge in [0, 0.05) is 11.4 Å². The molecule has 3 rings (SSSR count). The fraction of sp³-hybridized carbons (Fsp3) is 0.200. The second-order valence-electron chi connectivity index (χ2n) is 6.06. The number of H-pyrrole nitrogens is 1. The number of aromatic hydroxyl groups is 1. The van der Waals surface area contributed by atoms with Gasteiger partial charge < -0.3 is 15.4 Å². The van der Waals surface area contributed by atoms with Gasteiger partial charge in [0.05, 0.1) is 6.20 Å². The van der Waals surface area contributed by atoms with Crippen LogP contribution in [0, 0.1) is 0 Å². The van der Waals surface area contributed by atoms with Gasteiger partial charge in [-0.05, 0) is 41.5 Å². The molecule has 3 aromatic rings. The first-order valence-corrected chi connectivity index (χ1v) is 9.76. The van der Waals surface area contributed by atoms with Crippen LogP contribution < -0.4 is 11.0 Å². The number of hydrogen-bond acceptors (Lipinski definition) is 4. The molecule has 1 amide bonds. The predicted octanol–water partition coefficient (Wildman–Crippen LogP) is 2.63. The molecule has 0 fully saturated rings. The molecule has 0 aliphatic heterocycles. The molecule has 0 atom stereocenters. The molecule has 0 aliphatic carbocycles. The van der Waals surface area contributed by atoms with Crippen molar-refractivity contribution in [2.24, 2.45) is 0 Å². The Kier molecular flexibility index (Phi) is 6.03. The highest BCUT2D eigenvalue weighted by molar-refractivity contribution is 7.98. The third-order valence-electron chi connectivity index (χ3n) is 4.26. The van der Waals surface area contributed by atoms with Crippen molar-refractivity contribution < 1.29 is 9.90 Å². The van der Waals surface area contributed by atoms with Gasteiger partial charge in [0.15, 0.2) is 0 Å². The first kappa shape index (κ1) is 18.8. The lowest BCUT2D eigenvalue weighted by Gasteiger charge is -2.08. The molecule has 6 nitrogen and oxygen atoms in total. The summed E-state index contributed by atoms with van der Waals surface area (Å²) in [5, 5.41) is 12.2. The highest BCUT2D eigenvalue weighted by Crippen LogP contribution is 2.23. The smallest absolute Gasteiger partial charge is 0.328 e. The molecule has 1 aromatic heterocycles. The molecule has 0 spiro atoms. The Morgan fingerprint density at radius 2 is 1.74 bits per heavy atom. The van der Waals surface area contributed by atoms with Gasteiger partial charge in [-0.1, -0.05) is 36.4 Å². The van der Waals surface area contributed by atoms with Crippen LogP contribution in [0.15, 0.2) is 64.4 Å². The summed E-state index contributed by atoms with van der Waals surface area (Å²) in [5.74, 6) is -0.575. The number of rotatable bonds is 7. The minimum absolute atomic E-state index is 0.209. The van der Waals surface area contributed by atoms with E-state index in [4.69, 9.17) is 0 Å². The highest BCUT2D eigenvalue weighted by atomic mass is 32.2. The third kappa shape index (κ3) is 4.83. The van der Waals surface area contributed by atoms with E-state index in [0.29, 0.717) is 13.0 Å². The van der Waals surface area contributed by atoms with Crippen molar-refractivity contribution in [3.05, 3.63) is 70.8 Å². The normalized spacial score (nSPS) is 10.7. The average molecular weight is 383 g/mol. The van der Waals surface area contributed by atoms with Crippen molar-refractivity contribution in [2.75, 3.05) is 12.8 Å². The van der Waals surface area contributed by atoms with E-state index < -0.39 is 5.69 Å². The molecule has 27 heavy (non-hydrogen) atoms. The van der Waals surface area contributed by atoms with Crippen LogP contribution in [0.4, 0.5) is 0 Å². The summed E-state index contributed by atoms with van der Waals surface area (Å²) in [6, 6.07) is 16.7. The van der Waals surface area contributed by atoms with Crippen LogP contribution in [-0.2, 0) is 17.8 Å². The van der Waals surface area contributed by atoms with E-state index in [9.17, 15) is 14.7 Å². The van der Waals surface area contributed by atoms with Gasteiger partial charge in [0.25, 0.3) is 0 Å². The molecule has 0 saturated heterocycles. The minimum atomic E-state index is -0.510. The zero-order valence-electron chi connectivity index (χ0n) is 14.9. The molecular weight excluding hydrogens is 362 g/mol. The number of carbonyl (C=O) groups is 1. The number of aromatic amines is 1. The monoisotopic (exact) mass is 383 g/mol. The summed E-state index contributed by atoms with van der Waals surface area (Å²) in [7, 11) is 0. The Morgan fingerprint density at radius 1 is 1.11 bits per heavy atom. The van der Waals surface area contributed by atoms with Crippen LogP contribution in [0.25, 0.3) is 11.1 Å². The van der Waals surface area contributed by atoms with Gasteiger partial charge in [-0.2, -0.15) is 0 Å². The molecule has 140 valence electrons. The third-order valence-corrected chi connectivity index (χ3v) is 5.00. The molecule has 0 aliphatic rings. The number of nitrogens with zero attached hydrogens (tertiary/aromatic N) is 1. The molecule has 1 heterocycles. The van der Waals surface area contributed by atoms with Crippen LogP contribution in [0.3, 0.4) is 0 Å². The number of imidazole rings is 1. The van der Waals surface area contributed by atoms with Gasteiger partial charge in [-0.15, -0.1) is 11.8 Å². The van der Waals surface area contributed by atoms with E-state index in [2.05, 4.69) is 53.0 Å². The van der Waals surface area contributed by atoms with E-state index in [1.807, 2.05) is 12.1 Å². The van der Waals surface area contributed by atoms with E-state index in [0.717, 1.165) is 21.9 Å². The Balaban J connectivity index is 1.51. The van der Waals surface area contributed by atoms with Crippen molar-refractivity contribution in [1.82, 2.24) is 14.9 Å². The predicted molar refractivity (Wildman–Crippen MR) is 107 cm³/mol. The summed E-state index contributed by atoms with van der Waals surface area (Å²) in [6.45, 7) is 0.250. The largest absolute Gasteiger partial charge is 0.493 e. The Hall–Kier alpha value is -2.93. The standard InChI is InChI=1S/C20H21N3O3S/c1-27-17-8-6-16(7-9-17)15-4-2-14(3-5-15)10-11-21-18(24)13-23-19(25)12-22-20(23)26/h2-9,12,25H,10-11,13H2,1H3,(H,21,24)(H,22,26). The molecule has 2 aromatic carbocycles. The molecule has 0 saturated carbocycles. The lowest BCUT2D eigenvalue weighted by Crippen LogP contribution is -2.32. The number of aromatic nitrogens is 2. The zero-order chi connectivity index (χ0) is 19.2. The number of carbonyl (C=O) groups excluding carboxylic acids is 1. The highest BCUT2D eigenvalue weighted by Gasteiger charge is 2.09. The van der Waals surface area contributed by atoms with Crippen molar-refractivity contribution in [3.63, 3.8) is 0 Å². The molecular formula is C20H21N3O3S. The fourth-order valence-electron chi connectivity index (χ4n) is 2.73. The summed E-state index contributed by atoms with van der Waals surface area (Å²) in [6.07, 6.45) is 3.90. The van der Waals surface area contributed by atoms with Crippen molar-refractivity contribution >= 4 is 17.7 Å². The number of hydrogen-bond donors (Lipinski definition) is 3. The second-order valence-corrected chi connectivity index (χ2v) is 6.94. The van der Waals surface area contributed by atoms with Crippen LogP contribution in [0.5, 0.6) is 5.88 Å². The SMILES string of the molecule is CSc1ccc(-c2ccc(CCNC(=O)Cn3c(O)c[nH]c3=O)cc2)cc1. The van der Waals surface area contributed by atoms with Gasteiger partial charge in [-0.3, -0.25) is 9.36 Å². The van der Waals surface area contributed by atoms with Gasteiger partial charge in [0.1, 0.15) is 6.54 Å². The maximum Gasteiger partial charge on any atom is 0.328 e.